The van der Waals surface area contributed by atoms with E-state index in [0.717, 1.165) is 36.3 Å². The summed E-state index contributed by atoms with van der Waals surface area (Å²) in [6, 6.07) is 13.2. The molecule has 2 aromatic carbocycles. The van der Waals surface area contributed by atoms with E-state index in [-0.39, 0.29) is 11.1 Å². The molecule has 212 valence electrons. The highest BCUT2D eigenvalue weighted by Gasteiger charge is 2.36. The normalized spacial score (nSPS) is 15.3. The fourth-order valence-corrected chi connectivity index (χ4v) is 5.31. The van der Waals surface area contributed by atoms with Crippen molar-refractivity contribution in [2.45, 2.75) is 38.8 Å². The summed E-state index contributed by atoms with van der Waals surface area (Å²) < 4.78 is 18.5. The Morgan fingerprint density at radius 2 is 1.62 bits per heavy atom. The Morgan fingerprint density at radius 1 is 0.950 bits per heavy atom. The zero-order valence-corrected chi connectivity index (χ0v) is 24.0. The summed E-state index contributed by atoms with van der Waals surface area (Å²) in [6.07, 6.45) is 0.824. The summed E-state index contributed by atoms with van der Waals surface area (Å²) in [6.45, 7) is 9.22. The zero-order chi connectivity index (χ0) is 28.4. The zero-order valence-electron chi connectivity index (χ0n) is 24.0. The number of aromatic nitrogens is 5. The van der Waals surface area contributed by atoms with E-state index in [1.165, 1.54) is 0 Å². The Balaban J connectivity index is 1.59. The number of pyridine rings is 1. The molecule has 5 rings (SSSR count). The minimum absolute atomic E-state index is 0.194. The maximum absolute atomic E-state index is 13.7. The van der Waals surface area contributed by atoms with Crippen molar-refractivity contribution in [2.24, 2.45) is 0 Å². The summed E-state index contributed by atoms with van der Waals surface area (Å²) in [4.78, 5) is 21.4. The van der Waals surface area contributed by atoms with Gasteiger partial charge >= 0.3 is 0 Å². The Bertz CT molecular complexity index is 1540. The molecule has 0 spiro atoms. The molecule has 11 nitrogen and oxygen atoms in total. The van der Waals surface area contributed by atoms with Crippen LogP contribution in [0.3, 0.4) is 0 Å². The quantitative estimate of drug-likeness (QED) is 0.336. The summed E-state index contributed by atoms with van der Waals surface area (Å²) in [5.74, 6) is 2.63. The number of tetrazole rings is 1. The lowest BCUT2D eigenvalue weighted by atomic mass is 9.98. The van der Waals surface area contributed by atoms with Gasteiger partial charge in [-0.25, -0.2) is 4.68 Å². The van der Waals surface area contributed by atoms with Crippen LogP contribution in [0.5, 0.6) is 17.2 Å². The average molecular weight is 548 g/mol. The Morgan fingerprint density at radius 3 is 2.30 bits per heavy atom. The number of ether oxygens (including phenoxy) is 3. The van der Waals surface area contributed by atoms with E-state index in [1.54, 1.807) is 27.4 Å². The average Bonchev–Trinajstić information content (AvgIpc) is 3.48. The summed E-state index contributed by atoms with van der Waals surface area (Å²) in [5.41, 5.74) is 1.77. The van der Waals surface area contributed by atoms with Crippen LogP contribution in [-0.4, -0.2) is 77.6 Å². The Kier molecular flexibility index (Phi) is 7.66. The molecule has 1 aliphatic heterocycles. The summed E-state index contributed by atoms with van der Waals surface area (Å²) in [5, 5.41) is 13.8. The monoisotopic (exact) mass is 547 g/mol. The topological polar surface area (TPSA) is 111 Å². The highest BCUT2D eigenvalue weighted by Crippen LogP contribution is 2.35. The second-order valence-corrected chi connectivity index (χ2v) is 10.6. The molecular weight excluding hydrogens is 510 g/mol. The number of piperazine rings is 1. The molecule has 0 saturated carbocycles. The second-order valence-electron chi connectivity index (χ2n) is 10.6. The molecule has 1 fully saturated rings. The minimum Gasteiger partial charge on any atom is -0.495 e. The minimum atomic E-state index is -0.457. The molecule has 0 amide bonds. The first-order valence-electron chi connectivity index (χ1n) is 13.5. The van der Waals surface area contributed by atoms with Gasteiger partial charge in [0, 0.05) is 43.2 Å². The van der Waals surface area contributed by atoms with Crippen molar-refractivity contribution >= 4 is 16.6 Å². The number of benzene rings is 2. The number of aromatic amines is 1. The molecular formula is C29H37N7O4. The molecule has 4 aromatic rings. The first-order valence-corrected chi connectivity index (χ1v) is 13.5. The van der Waals surface area contributed by atoms with Crippen LogP contribution in [0.2, 0.25) is 0 Å². The number of H-pyrrole nitrogens is 1. The molecule has 0 aliphatic carbocycles. The van der Waals surface area contributed by atoms with Crippen molar-refractivity contribution in [3.05, 3.63) is 64.2 Å². The second kappa shape index (κ2) is 11.2. The number of methoxy groups -OCH3 is 3. The van der Waals surface area contributed by atoms with E-state index < -0.39 is 6.04 Å². The van der Waals surface area contributed by atoms with Gasteiger partial charge in [0.05, 0.1) is 38.1 Å². The van der Waals surface area contributed by atoms with Gasteiger partial charge in [0.1, 0.15) is 11.8 Å². The van der Waals surface area contributed by atoms with Crippen LogP contribution in [-0.2, 0) is 5.54 Å². The van der Waals surface area contributed by atoms with Gasteiger partial charge in [-0.15, -0.1) is 5.10 Å². The van der Waals surface area contributed by atoms with E-state index in [0.29, 0.717) is 41.5 Å². The van der Waals surface area contributed by atoms with E-state index in [2.05, 4.69) is 57.1 Å². The predicted octanol–water partition coefficient (Wildman–Crippen LogP) is 3.60. The third-order valence-electron chi connectivity index (χ3n) is 7.95. The van der Waals surface area contributed by atoms with Crippen LogP contribution in [0.15, 0.2) is 47.3 Å². The molecule has 0 radical (unpaired) electrons. The van der Waals surface area contributed by atoms with Crippen LogP contribution in [0, 0.1) is 0 Å². The number of nitrogens with zero attached hydrogens (tertiary/aromatic N) is 6. The van der Waals surface area contributed by atoms with Crippen LogP contribution in [0.1, 0.15) is 44.6 Å². The lowest BCUT2D eigenvalue weighted by Gasteiger charge is -2.40. The number of fused-ring (bicyclic) bond motifs is 1. The van der Waals surface area contributed by atoms with Crippen molar-refractivity contribution < 1.29 is 14.2 Å². The Hall–Kier alpha value is -4.12. The largest absolute Gasteiger partial charge is 0.495 e. The molecule has 0 unspecified atom stereocenters. The first kappa shape index (κ1) is 27.4. The fourth-order valence-electron chi connectivity index (χ4n) is 5.31. The highest BCUT2D eigenvalue weighted by atomic mass is 16.5. The van der Waals surface area contributed by atoms with Gasteiger partial charge in [-0.1, -0.05) is 19.1 Å². The van der Waals surface area contributed by atoms with Crippen molar-refractivity contribution in [3.8, 4) is 17.2 Å². The predicted molar refractivity (Wildman–Crippen MR) is 154 cm³/mol. The standard InChI is InChI=1S/C29H37N7O4/c1-7-29(2,3)36-27(31-32-33-36)26(35-14-12-34(13-15-35)22-10-8-9-11-23(22)38-4)20-16-19-17-24(39-5)25(40-6)18-21(19)30-28(20)37/h8-11,16-18,26H,7,12-15H2,1-6H3,(H,30,37)/t26-/m0/s1. The number of nitrogens with one attached hydrogen (secondary N) is 1. The molecule has 40 heavy (non-hydrogen) atoms. The first-order chi connectivity index (χ1) is 19.3. The molecule has 1 saturated heterocycles. The number of hydrogen-bond acceptors (Lipinski definition) is 9. The number of rotatable bonds is 9. The molecule has 2 aromatic heterocycles. The highest BCUT2D eigenvalue weighted by molar-refractivity contribution is 5.83. The lowest BCUT2D eigenvalue weighted by Crippen LogP contribution is -2.49. The van der Waals surface area contributed by atoms with Gasteiger partial charge < -0.3 is 24.1 Å². The van der Waals surface area contributed by atoms with E-state index in [1.807, 2.05) is 35.0 Å². The van der Waals surface area contributed by atoms with Gasteiger partial charge in [0.15, 0.2) is 17.3 Å². The van der Waals surface area contributed by atoms with Crippen molar-refractivity contribution in [1.29, 1.82) is 0 Å². The third kappa shape index (κ3) is 4.97. The maximum atomic E-state index is 13.7. The Labute approximate surface area is 233 Å². The summed E-state index contributed by atoms with van der Waals surface area (Å²) in [7, 11) is 4.87. The van der Waals surface area contributed by atoms with Gasteiger partial charge in [0.2, 0.25) is 0 Å². The van der Waals surface area contributed by atoms with Crippen molar-refractivity contribution in [2.75, 3.05) is 52.4 Å². The van der Waals surface area contributed by atoms with Gasteiger partial charge in [-0.05, 0) is 55.0 Å². The van der Waals surface area contributed by atoms with Gasteiger partial charge in [-0.2, -0.15) is 0 Å². The van der Waals surface area contributed by atoms with Crippen LogP contribution in [0.25, 0.3) is 10.9 Å². The number of anilines is 1. The van der Waals surface area contributed by atoms with Crippen LogP contribution >= 0.6 is 0 Å². The van der Waals surface area contributed by atoms with E-state index >= 15 is 0 Å². The number of para-hydroxylation sites is 2. The van der Waals surface area contributed by atoms with Gasteiger partial charge in [-0.3, -0.25) is 9.69 Å². The van der Waals surface area contributed by atoms with Gasteiger partial charge in [0.25, 0.3) is 5.56 Å². The third-order valence-corrected chi connectivity index (χ3v) is 7.95. The smallest absolute Gasteiger partial charge is 0.253 e. The molecule has 3 heterocycles. The van der Waals surface area contributed by atoms with Crippen molar-refractivity contribution in [1.82, 2.24) is 30.1 Å². The van der Waals surface area contributed by atoms with Crippen LogP contribution in [0.4, 0.5) is 5.69 Å². The lowest BCUT2D eigenvalue weighted by molar-refractivity contribution is 0.186. The number of hydrogen-bond donors (Lipinski definition) is 1. The van der Waals surface area contributed by atoms with E-state index in [9.17, 15) is 4.79 Å². The van der Waals surface area contributed by atoms with E-state index in [4.69, 9.17) is 14.2 Å². The molecule has 0 bridgehead atoms. The maximum Gasteiger partial charge on any atom is 0.253 e. The van der Waals surface area contributed by atoms with Crippen molar-refractivity contribution in [3.63, 3.8) is 0 Å². The molecule has 1 N–H and O–H groups in total. The SMILES string of the molecule is CCC(C)(C)n1nnnc1[C@H](c1cc2cc(OC)c(OC)cc2[nH]c1=O)N1CCN(c2ccccc2OC)CC1. The fraction of sp³-hybridized carbons (Fsp3) is 0.448. The molecule has 1 atom stereocenters. The summed E-state index contributed by atoms with van der Waals surface area (Å²) >= 11 is 0. The molecule has 1 aliphatic rings. The van der Waals surface area contributed by atoms with Crippen LogP contribution < -0.4 is 24.7 Å². The molecule has 11 heteroatoms.